The number of nitrogens with zero attached hydrogens (tertiary/aromatic N) is 6. The highest BCUT2D eigenvalue weighted by Gasteiger charge is 2.13. The van der Waals surface area contributed by atoms with Gasteiger partial charge in [0.25, 0.3) is 0 Å². The fourth-order valence-corrected chi connectivity index (χ4v) is 3.07. The minimum absolute atomic E-state index is 0.00645. The van der Waals surface area contributed by atoms with Crippen molar-refractivity contribution in [3.63, 3.8) is 0 Å². The largest absolute Gasteiger partial charge is 0.351 e. The van der Waals surface area contributed by atoms with Crippen LogP contribution in [-0.2, 0) is 6.54 Å². The predicted octanol–water partition coefficient (Wildman–Crippen LogP) is 2.00. The maximum Gasteiger partial charge on any atom is 0.351 e. The summed E-state index contributed by atoms with van der Waals surface area (Å²) >= 11 is 0. The number of H-pyrrole nitrogens is 1. The molecular weight excluding hydrogens is 387 g/mol. The lowest BCUT2D eigenvalue weighted by Crippen LogP contribution is -2.26. The predicted molar refractivity (Wildman–Crippen MR) is 109 cm³/mol. The van der Waals surface area contributed by atoms with E-state index in [4.69, 9.17) is 5.73 Å². The third-order valence-electron chi connectivity index (χ3n) is 4.69. The summed E-state index contributed by atoms with van der Waals surface area (Å²) in [5, 5.41) is 11.8. The lowest BCUT2D eigenvalue weighted by atomic mass is 10.0. The monoisotopic (exact) mass is 406 g/mol. The van der Waals surface area contributed by atoms with Gasteiger partial charge >= 0.3 is 5.69 Å². The third kappa shape index (κ3) is 3.67. The summed E-state index contributed by atoms with van der Waals surface area (Å²) in [7, 11) is 0. The number of benzene rings is 1. The molecule has 0 fully saturated rings. The van der Waals surface area contributed by atoms with E-state index in [1.54, 1.807) is 6.20 Å². The lowest BCUT2D eigenvalue weighted by molar-refractivity contribution is 0.612. The van der Waals surface area contributed by atoms with Crippen molar-refractivity contribution in [2.45, 2.75) is 13.5 Å². The minimum atomic E-state index is -0.414. The van der Waals surface area contributed by atoms with E-state index in [9.17, 15) is 9.18 Å². The van der Waals surface area contributed by atoms with E-state index >= 15 is 0 Å². The van der Waals surface area contributed by atoms with Crippen LogP contribution in [-0.4, -0.2) is 41.1 Å². The molecule has 3 aromatic heterocycles. The number of aromatic amines is 1. The van der Waals surface area contributed by atoms with Crippen LogP contribution in [0.1, 0.15) is 5.56 Å². The molecule has 0 radical (unpaired) electrons. The van der Waals surface area contributed by atoms with Crippen molar-refractivity contribution in [3.8, 4) is 28.3 Å². The van der Waals surface area contributed by atoms with E-state index in [1.165, 1.54) is 17.2 Å². The minimum Gasteiger partial charge on any atom is -0.328 e. The van der Waals surface area contributed by atoms with Gasteiger partial charge < -0.3 is 10.7 Å². The molecule has 4 rings (SSSR count). The Kier molecular flexibility index (Phi) is 5.31. The number of nitrogens with one attached hydrogen (secondary N) is 1. The zero-order valence-corrected chi connectivity index (χ0v) is 16.2. The second-order valence-electron chi connectivity index (χ2n) is 6.69. The molecular formula is C20H19FN8O. The molecule has 4 aromatic rings. The van der Waals surface area contributed by atoms with Crippen molar-refractivity contribution in [2.75, 3.05) is 6.54 Å². The molecule has 0 atom stereocenters. The molecule has 3 N–H and O–H groups in total. The molecule has 0 spiro atoms. The fraction of sp³-hybridized carbons (Fsp3) is 0.150. The third-order valence-corrected chi connectivity index (χ3v) is 4.69. The first-order chi connectivity index (χ1) is 14.6. The van der Waals surface area contributed by atoms with Crippen molar-refractivity contribution < 1.29 is 4.39 Å². The Bertz CT molecular complexity index is 1240. The van der Waals surface area contributed by atoms with Gasteiger partial charge in [-0.1, -0.05) is 24.3 Å². The van der Waals surface area contributed by atoms with Crippen molar-refractivity contribution in [1.82, 2.24) is 34.5 Å². The van der Waals surface area contributed by atoms with E-state index in [0.717, 1.165) is 26.9 Å². The number of hydrogen-bond acceptors (Lipinski definition) is 6. The van der Waals surface area contributed by atoms with Crippen LogP contribution >= 0.6 is 0 Å². The Labute approximate surface area is 170 Å². The number of pyridine rings is 1. The van der Waals surface area contributed by atoms with E-state index in [2.05, 4.69) is 25.3 Å². The van der Waals surface area contributed by atoms with Crippen LogP contribution in [0, 0.1) is 6.92 Å². The molecule has 0 saturated carbocycles. The van der Waals surface area contributed by atoms with Crippen LogP contribution in [0.15, 0.2) is 65.9 Å². The second-order valence-corrected chi connectivity index (χ2v) is 6.69. The SMILES string of the molecule is Cc1cc(-c2ccc(-c3nnc[nH]3)cc2)cnc1-n1cnn(C/C(=C/F)CN)c1=O. The topological polar surface area (TPSA) is 120 Å². The standard InChI is InChI=1S/C20H19FN8O/c1-13-6-17(15-2-4-16(5-3-15)18-24-11-25-27-18)9-23-19(13)28-12-26-29(20(28)30)10-14(7-21)8-22/h2-7,9,11-12H,8,10,22H2,1H3,(H,24,25,27)/b14-7+. The van der Waals surface area contributed by atoms with Gasteiger partial charge in [0.05, 0.1) is 12.9 Å². The molecule has 0 aliphatic rings. The molecule has 10 heteroatoms. The van der Waals surface area contributed by atoms with Crippen molar-refractivity contribution in [2.24, 2.45) is 5.73 Å². The van der Waals surface area contributed by atoms with E-state index < -0.39 is 5.69 Å². The van der Waals surface area contributed by atoms with Gasteiger partial charge in [-0.2, -0.15) is 5.10 Å². The van der Waals surface area contributed by atoms with Gasteiger partial charge in [-0.05, 0) is 29.7 Å². The first kappa shape index (κ1) is 19.4. The van der Waals surface area contributed by atoms with Crippen LogP contribution in [0.5, 0.6) is 0 Å². The van der Waals surface area contributed by atoms with Gasteiger partial charge in [0.15, 0.2) is 5.82 Å². The summed E-state index contributed by atoms with van der Waals surface area (Å²) < 4.78 is 15.2. The summed E-state index contributed by atoms with van der Waals surface area (Å²) in [4.78, 5) is 20.0. The van der Waals surface area contributed by atoms with E-state index in [1.807, 2.05) is 37.3 Å². The first-order valence-corrected chi connectivity index (χ1v) is 9.17. The Balaban J connectivity index is 1.61. The van der Waals surface area contributed by atoms with Gasteiger partial charge in [-0.15, -0.1) is 10.2 Å². The molecule has 30 heavy (non-hydrogen) atoms. The Hall–Kier alpha value is -3.92. The summed E-state index contributed by atoms with van der Waals surface area (Å²) in [6.07, 6.45) is 5.00. The molecule has 0 aliphatic heterocycles. The van der Waals surface area contributed by atoms with Gasteiger partial charge in [0.1, 0.15) is 18.5 Å². The Morgan fingerprint density at radius 2 is 2.00 bits per heavy atom. The summed E-state index contributed by atoms with van der Waals surface area (Å²) in [6.45, 7) is 1.87. The van der Waals surface area contributed by atoms with Crippen LogP contribution < -0.4 is 11.4 Å². The molecule has 0 bridgehead atoms. The van der Waals surface area contributed by atoms with Gasteiger partial charge in [-0.25, -0.2) is 23.4 Å². The number of nitrogens with two attached hydrogens (primary N) is 1. The van der Waals surface area contributed by atoms with Crippen LogP contribution in [0.3, 0.4) is 0 Å². The fourth-order valence-electron chi connectivity index (χ4n) is 3.07. The normalized spacial score (nSPS) is 11.8. The van der Waals surface area contributed by atoms with Crippen molar-refractivity contribution >= 4 is 0 Å². The highest BCUT2D eigenvalue weighted by atomic mass is 19.1. The van der Waals surface area contributed by atoms with Gasteiger partial charge in [0, 0.05) is 23.9 Å². The molecule has 0 amide bonds. The molecule has 0 saturated heterocycles. The molecule has 9 nitrogen and oxygen atoms in total. The van der Waals surface area contributed by atoms with Crippen LogP contribution in [0.2, 0.25) is 0 Å². The van der Waals surface area contributed by atoms with Crippen molar-refractivity contribution in [1.29, 1.82) is 0 Å². The molecule has 152 valence electrons. The summed E-state index contributed by atoms with van der Waals surface area (Å²) in [5.74, 6) is 1.16. The van der Waals surface area contributed by atoms with Crippen molar-refractivity contribution in [3.05, 3.63) is 77.1 Å². The number of aromatic nitrogens is 7. The highest BCUT2D eigenvalue weighted by Crippen LogP contribution is 2.24. The van der Waals surface area contributed by atoms with Gasteiger partial charge in [-0.3, -0.25) is 0 Å². The van der Waals surface area contributed by atoms with E-state index in [0.29, 0.717) is 18.0 Å². The van der Waals surface area contributed by atoms with Gasteiger partial charge in [0.2, 0.25) is 0 Å². The Morgan fingerprint density at radius 3 is 2.63 bits per heavy atom. The van der Waals surface area contributed by atoms with E-state index in [-0.39, 0.29) is 18.7 Å². The molecule has 0 aliphatic carbocycles. The number of hydrogen-bond donors (Lipinski definition) is 2. The zero-order valence-electron chi connectivity index (χ0n) is 16.2. The highest BCUT2D eigenvalue weighted by molar-refractivity contribution is 5.68. The maximum atomic E-state index is 12.8. The zero-order chi connectivity index (χ0) is 21.1. The number of rotatable bonds is 6. The number of aryl methyl sites for hydroxylation is 1. The molecule has 1 aromatic carbocycles. The number of halogens is 1. The Morgan fingerprint density at radius 1 is 1.23 bits per heavy atom. The summed E-state index contributed by atoms with van der Waals surface area (Å²) in [5.41, 5.74) is 8.92. The smallest absolute Gasteiger partial charge is 0.328 e. The maximum absolute atomic E-state index is 12.8. The second kappa shape index (κ2) is 8.21. The molecule has 3 heterocycles. The lowest BCUT2D eigenvalue weighted by Gasteiger charge is -2.08. The van der Waals surface area contributed by atoms with Crippen LogP contribution in [0.25, 0.3) is 28.3 Å². The average molecular weight is 406 g/mol. The quantitative estimate of drug-likeness (QED) is 0.505. The molecule has 0 unspecified atom stereocenters. The first-order valence-electron chi connectivity index (χ1n) is 9.17. The van der Waals surface area contributed by atoms with Crippen LogP contribution in [0.4, 0.5) is 4.39 Å². The average Bonchev–Trinajstić information content (AvgIpc) is 3.43. The summed E-state index contributed by atoms with van der Waals surface area (Å²) in [6, 6.07) is 9.77.